The zero-order valence-electron chi connectivity index (χ0n) is 9.20. The number of hydrogen-bond donors (Lipinski definition) is 1. The summed E-state index contributed by atoms with van der Waals surface area (Å²) in [6.07, 6.45) is 0. The average Bonchev–Trinajstić information content (AvgIpc) is 2.64. The third kappa shape index (κ3) is 2.58. The zero-order chi connectivity index (χ0) is 11.7. The molecule has 1 N–H and O–H groups in total. The maximum atomic E-state index is 11.4. The van der Waals surface area contributed by atoms with E-state index in [1.54, 1.807) is 6.07 Å². The van der Waals surface area contributed by atoms with Crippen LogP contribution in [0, 0.1) is 0 Å². The fourth-order valence-corrected chi connectivity index (χ4v) is 1.89. The third-order valence-corrected chi connectivity index (χ3v) is 2.74. The van der Waals surface area contributed by atoms with Crippen LogP contribution < -0.4 is 34.2 Å². The van der Waals surface area contributed by atoms with Gasteiger partial charge in [0.2, 0.25) is 0 Å². The van der Waals surface area contributed by atoms with Gasteiger partial charge in [-0.2, -0.15) is 0 Å². The second-order valence-corrected chi connectivity index (χ2v) is 3.69. The summed E-state index contributed by atoms with van der Waals surface area (Å²) < 4.78 is 0. The van der Waals surface area contributed by atoms with E-state index in [9.17, 15) is 14.7 Å². The Balaban J connectivity index is 0.00000144. The Bertz CT molecular complexity index is 467. The van der Waals surface area contributed by atoms with Crippen LogP contribution in [0.1, 0.15) is 10.4 Å². The number of carbonyl (C=O) groups excluding carboxylic acids is 2. The number of rotatable bonds is 2. The summed E-state index contributed by atoms with van der Waals surface area (Å²) in [7, 11) is 0. The van der Waals surface area contributed by atoms with Gasteiger partial charge in [0.1, 0.15) is 0 Å². The number of hydrogen-bond acceptors (Lipinski definition) is 3. The predicted molar refractivity (Wildman–Crippen MR) is 56.5 cm³/mol. The maximum Gasteiger partial charge on any atom is 1.00 e. The standard InChI is InChI=1S/C10H9ClN2O3.Li/c11-8-6(9(14)15)2-1-3-7(8)13-5-4-12-10(13)16;/h1-3H,4-5H2,(H,12,16)(H,14,15);/q;+1/p-1. The smallest absolute Gasteiger partial charge is 0.545 e. The van der Waals surface area contributed by atoms with Gasteiger partial charge in [-0.05, 0) is 6.07 Å². The quantitative estimate of drug-likeness (QED) is 0.575. The van der Waals surface area contributed by atoms with Crippen molar-refractivity contribution in [3.8, 4) is 0 Å². The van der Waals surface area contributed by atoms with Gasteiger partial charge in [0, 0.05) is 18.7 Å². The van der Waals surface area contributed by atoms with Crippen LogP contribution in [-0.4, -0.2) is 25.1 Å². The van der Waals surface area contributed by atoms with Crippen molar-refractivity contribution in [3.63, 3.8) is 0 Å². The molecule has 1 aromatic carbocycles. The molecule has 1 fully saturated rings. The van der Waals surface area contributed by atoms with Crippen LogP contribution in [0.2, 0.25) is 5.02 Å². The zero-order valence-corrected chi connectivity index (χ0v) is 9.95. The van der Waals surface area contributed by atoms with Crippen LogP contribution in [0.25, 0.3) is 0 Å². The topological polar surface area (TPSA) is 72.5 Å². The van der Waals surface area contributed by atoms with Crippen LogP contribution >= 0.6 is 11.6 Å². The molecule has 1 aromatic rings. The molecular formula is C10H8ClLiN2O3. The van der Waals surface area contributed by atoms with Gasteiger partial charge < -0.3 is 15.2 Å². The molecule has 2 rings (SSSR count). The monoisotopic (exact) mass is 246 g/mol. The molecule has 0 unspecified atom stereocenters. The molecule has 2 amide bonds. The predicted octanol–water partition coefficient (Wildman–Crippen LogP) is -2.76. The van der Waals surface area contributed by atoms with Gasteiger partial charge >= 0.3 is 24.9 Å². The Kier molecular flexibility index (Phi) is 4.46. The number of benzene rings is 1. The van der Waals surface area contributed by atoms with Gasteiger partial charge in [0.25, 0.3) is 0 Å². The first-order chi connectivity index (χ1) is 7.61. The number of urea groups is 1. The van der Waals surface area contributed by atoms with Gasteiger partial charge in [-0.1, -0.05) is 23.7 Å². The summed E-state index contributed by atoms with van der Waals surface area (Å²) in [6, 6.07) is 4.18. The Morgan fingerprint density at radius 1 is 1.47 bits per heavy atom. The van der Waals surface area contributed by atoms with Crippen molar-refractivity contribution in [2.24, 2.45) is 0 Å². The summed E-state index contributed by atoms with van der Waals surface area (Å²) in [5, 5.41) is 13.4. The number of nitrogens with one attached hydrogen (secondary N) is 1. The molecule has 5 nitrogen and oxygen atoms in total. The minimum absolute atomic E-state index is 0. The number of aromatic carboxylic acids is 1. The van der Waals surface area contributed by atoms with Crippen molar-refractivity contribution in [2.45, 2.75) is 0 Å². The van der Waals surface area contributed by atoms with E-state index in [1.165, 1.54) is 17.0 Å². The SMILES string of the molecule is O=C([O-])c1cccc(N2CCNC2=O)c1Cl.[Li+]. The second-order valence-electron chi connectivity index (χ2n) is 3.31. The minimum Gasteiger partial charge on any atom is -0.545 e. The van der Waals surface area contributed by atoms with E-state index in [0.717, 1.165) is 0 Å². The number of carboxylic acids is 1. The molecule has 1 heterocycles. The first-order valence-corrected chi connectivity index (χ1v) is 5.04. The molecule has 0 radical (unpaired) electrons. The molecule has 0 atom stereocenters. The molecule has 1 saturated heterocycles. The molecule has 0 bridgehead atoms. The van der Waals surface area contributed by atoms with Crippen molar-refractivity contribution in [1.82, 2.24) is 5.32 Å². The van der Waals surface area contributed by atoms with E-state index >= 15 is 0 Å². The summed E-state index contributed by atoms with van der Waals surface area (Å²) in [6.45, 7) is 0.986. The van der Waals surface area contributed by atoms with Crippen molar-refractivity contribution < 1.29 is 33.6 Å². The van der Waals surface area contributed by atoms with Gasteiger partial charge in [-0.3, -0.25) is 4.90 Å². The number of nitrogens with zero attached hydrogens (tertiary/aromatic N) is 1. The van der Waals surface area contributed by atoms with Crippen LogP contribution in [0.15, 0.2) is 18.2 Å². The van der Waals surface area contributed by atoms with E-state index in [4.69, 9.17) is 11.6 Å². The number of carboxylic acid groups (broad SMARTS) is 1. The molecular weight excluding hydrogens is 239 g/mol. The molecule has 0 spiro atoms. The molecule has 1 aliphatic heterocycles. The van der Waals surface area contributed by atoms with Crippen molar-refractivity contribution >= 4 is 29.3 Å². The number of carbonyl (C=O) groups is 2. The summed E-state index contributed by atoms with van der Waals surface area (Å²) >= 11 is 5.91. The largest absolute Gasteiger partial charge is 1.00 e. The molecule has 0 saturated carbocycles. The molecule has 0 aliphatic carbocycles. The molecule has 17 heavy (non-hydrogen) atoms. The van der Waals surface area contributed by atoms with Crippen LogP contribution in [0.5, 0.6) is 0 Å². The Morgan fingerprint density at radius 3 is 2.71 bits per heavy atom. The van der Waals surface area contributed by atoms with Crippen molar-refractivity contribution in [2.75, 3.05) is 18.0 Å². The maximum absolute atomic E-state index is 11.4. The van der Waals surface area contributed by atoms with Crippen LogP contribution in [-0.2, 0) is 0 Å². The number of amides is 2. The third-order valence-electron chi connectivity index (χ3n) is 2.35. The summed E-state index contributed by atoms with van der Waals surface area (Å²) in [5.74, 6) is -1.36. The van der Waals surface area contributed by atoms with E-state index < -0.39 is 5.97 Å². The van der Waals surface area contributed by atoms with E-state index in [0.29, 0.717) is 18.8 Å². The number of anilines is 1. The van der Waals surface area contributed by atoms with Crippen LogP contribution in [0.3, 0.4) is 0 Å². The number of halogens is 1. The fourth-order valence-electron chi connectivity index (χ4n) is 1.59. The van der Waals surface area contributed by atoms with E-state index in [1.807, 2.05) is 0 Å². The normalized spacial score (nSPS) is 14.2. The Hall–Kier alpha value is -1.15. The van der Waals surface area contributed by atoms with Gasteiger partial charge in [-0.25, -0.2) is 4.79 Å². The van der Waals surface area contributed by atoms with Crippen LogP contribution in [0.4, 0.5) is 10.5 Å². The minimum atomic E-state index is -1.36. The summed E-state index contributed by atoms with van der Waals surface area (Å²) in [4.78, 5) is 23.6. The van der Waals surface area contributed by atoms with Gasteiger partial charge in [0.15, 0.2) is 0 Å². The fraction of sp³-hybridized carbons (Fsp3) is 0.200. The van der Waals surface area contributed by atoms with Gasteiger partial charge in [0.05, 0.1) is 16.7 Å². The first-order valence-electron chi connectivity index (χ1n) is 4.66. The van der Waals surface area contributed by atoms with E-state index in [-0.39, 0.29) is 35.5 Å². The Morgan fingerprint density at radius 2 is 2.18 bits per heavy atom. The average molecular weight is 247 g/mol. The second kappa shape index (κ2) is 5.45. The molecule has 84 valence electrons. The molecule has 1 aliphatic rings. The molecule has 7 heteroatoms. The first kappa shape index (κ1) is 13.9. The summed E-state index contributed by atoms with van der Waals surface area (Å²) in [5.41, 5.74) is 0.275. The Labute approximate surface area is 115 Å². The van der Waals surface area contributed by atoms with Crippen molar-refractivity contribution in [1.29, 1.82) is 0 Å². The van der Waals surface area contributed by atoms with E-state index in [2.05, 4.69) is 5.32 Å². The van der Waals surface area contributed by atoms with Gasteiger partial charge in [-0.15, -0.1) is 0 Å². The van der Waals surface area contributed by atoms with Crippen molar-refractivity contribution in [3.05, 3.63) is 28.8 Å². The molecule has 0 aromatic heterocycles.